The fourth-order valence-corrected chi connectivity index (χ4v) is 1.71. The first-order chi connectivity index (χ1) is 6.63. The van der Waals surface area contributed by atoms with E-state index in [1.54, 1.807) is 0 Å². The Labute approximate surface area is 80.3 Å². The molecule has 5 heteroatoms. The number of aromatic carboxylic acids is 1. The Morgan fingerprint density at radius 3 is 3.00 bits per heavy atom. The molecule has 1 saturated heterocycles. The largest absolute Gasteiger partial charge is 0.478 e. The number of nitrogens with one attached hydrogen (secondary N) is 1. The zero-order valence-electron chi connectivity index (χ0n) is 7.49. The molecule has 5 nitrogen and oxygen atoms in total. The summed E-state index contributed by atoms with van der Waals surface area (Å²) in [6.07, 6.45) is 1.76. The van der Waals surface area contributed by atoms with Gasteiger partial charge in [-0.2, -0.15) is 0 Å². The van der Waals surface area contributed by atoms with E-state index in [-0.39, 0.29) is 11.3 Å². The fraction of sp³-hybridized carbons (Fsp3) is 0.444. The second kappa shape index (κ2) is 3.11. The molecule has 2 heterocycles. The lowest BCUT2D eigenvalue weighted by molar-refractivity contribution is 0.0322. The number of carbonyl (C=O) groups is 1. The zero-order chi connectivity index (χ0) is 10.2. The van der Waals surface area contributed by atoms with E-state index in [9.17, 15) is 9.90 Å². The number of furan rings is 1. The predicted molar refractivity (Wildman–Crippen MR) is 47.1 cm³/mol. The highest BCUT2D eigenvalue weighted by molar-refractivity contribution is 5.89. The first kappa shape index (κ1) is 9.23. The maximum absolute atomic E-state index is 10.8. The van der Waals surface area contributed by atoms with Crippen molar-refractivity contribution in [1.29, 1.82) is 0 Å². The first-order valence-electron chi connectivity index (χ1n) is 4.38. The van der Waals surface area contributed by atoms with Gasteiger partial charge < -0.3 is 19.9 Å². The third-order valence-corrected chi connectivity index (χ3v) is 2.45. The van der Waals surface area contributed by atoms with E-state index < -0.39 is 11.6 Å². The summed E-state index contributed by atoms with van der Waals surface area (Å²) in [6, 6.07) is 1.36. The molecular formula is C9H11NO4. The molecule has 0 aromatic carbocycles. The molecule has 0 bridgehead atoms. The molecule has 3 N–H and O–H groups in total. The maximum Gasteiger partial charge on any atom is 0.339 e. The first-order valence-corrected chi connectivity index (χ1v) is 4.38. The summed E-state index contributed by atoms with van der Waals surface area (Å²) in [5.74, 6) is -0.927. The van der Waals surface area contributed by atoms with Crippen molar-refractivity contribution in [3.05, 3.63) is 23.7 Å². The molecule has 0 spiro atoms. The Hall–Kier alpha value is -1.33. The summed E-state index contributed by atoms with van der Waals surface area (Å²) in [7, 11) is 0. The molecule has 14 heavy (non-hydrogen) atoms. The van der Waals surface area contributed by atoms with E-state index in [0.29, 0.717) is 19.5 Å². The second-order valence-electron chi connectivity index (χ2n) is 3.43. The van der Waals surface area contributed by atoms with E-state index in [1.807, 2.05) is 0 Å². The van der Waals surface area contributed by atoms with E-state index in [4.69, 9.17) is 9.52 Å². The highest BCUT2D eigenvalue weighted by atomic mass is 16.4. The molecule has 1 unspecified atom stereocenters. The Morgan fingerprint density at radius 2 is 2.43 bits per heavy atom. The fourth-order valence-electron chi connectivity index (χ4n) is 1.71. The van der Waals surface area contributed by atoms with Gasteiger partial charge in [0.25, 0.3) is 0 Å². The van der Waals surface area contributed by atoms with E-state index >= 15 is 0 Å². The van der Waals surface area contributed by atoms with Crippen LogP contribution in [0.5, 0.6) is 0 Å². The van der Waals surface area contributed by atoms with Crippen LogP contribution in [0.1, 0.15) is 22.5 Å². The van der Waals surface area contributed by atoms with Gasteiger partial charge in [0.2, 0.25) is 0 Å². The number of carboxylic acid groups (broad SMARTS) is 1. The number of rotatable bonds is 2. The molecule has 1 aromatic rings. The lowest BCUT2D eigenvalue weighted by atomic mass is 9.97. The van der Waals surface area contributed by atoms with Crippen LogP contribution in [0.2, 0.25) is 0 Å². The third-order valence-electron chi connectivity index (χ3n) is 2.45. The average molecular weight is 197 g/mol. The number of β-amino-alcohol motifs (C(OH)–C–C–N with tert-alkyl or cyclic N) is 1. The quantitative estimate of drug-likeness (QED) is 0.629. The van der Waals surface area contributed by atoms with Gasteiger partial charge in [-0.15, -0.1) is 0 Å². The monoisotopic (exact) mass is 197 g/mol. The van der Waals surface area contributed by atoms with Gasteiger partial charge in [-0.05, 0) is 19.0 Å². The van der Waals surface area contributed by atoms with Crippen LogP contribution in [0.4, 0.5) is 0 Å². The number of carboxylic acids is 1. The molecule has 2 rings (SSSR count). The van der Waals surface area contributed by atoms with Gasteiger partial charge in [0.05, 0.1) is 6.26 Å². The SMILES string of the molecule is O=C(O)c1ccoc1C1(O)CCNC1. The minimum atomic E-state index is -1.17. The molecular weight excluding hydrogens is 186 g/mol. The topological polar surface area (TPSA) is 82.7 Å². The van der Waals surface area contributed by atoms with Crippen molar-refractivity contribution < 1.29 is 19.4 Å². The van der Waals surface area contributed by atoms with Crippen molar-refractivity contribution in [3.8, 4) is 0 Å². The Kier molecular flexibility index (Phi) is 2.05. The highest BCUT2D eigenvalue weighted by Gasteiger charge is 2.39. The number of aliphatic hydroxyl groups is 1. The van der Waals surface area contributed by atoms with Crippen LogP contribution >= 0.6 is 0 Å². The van der Waals surface area contributed by atoms with Crippen molar-refractivity contribution >= 4 is 5.97 Å². The molecule has 1 aromatic heterocycles. The van der Waals surface area contributed by atoms with Crippen molar-refractivity contribution in [2.24, 2.45) is 0 Å². The molecule has 1 aliphatic rings. The number of hydrogen-bond acceptors (Lipinski definition) is 4. The van der Waals surface area contributed by atoms with Crippen LogP contribution in [-0.4, -0.2) is 29.3 Å². The standard InChI is InChI=1S/C9H11NO4/c11-8(12)6-1-4-14-7(6)9(13)2-3-10-5-9/h1,4,10,13H,2-3,5H2,(H,11,12). The van der Waals surface area contributed by atoms with E-state index in [0.717, 1.165) is 0 Å². The van der Waals surface area contributed by atoms with Gasteiger partial charge in [0, 0.05) is 6.54 Å². The Balaban J connectivity index is 2.40. The van der Waals surface area contributed by atoms with E-state index in [2.05, 4.69) is 5.32 Å². The normalized spacial score (nSPS) is 26.6. The van der Waals surface area contributed by atoms with Crippen LogP contribution in [0.15, 0.2) is 16.7 Å². The second-order valence-corrected chi connectivity index (χ2v) is 3.43. The van der Waals surface area contributed by atoms with E-state index in [1.165, 1.54) is 12.3 Å². The molecule has 1 aliphatic heterocycles. The Morgan fingerprint density at radius 1 is 1.64 bits per heavy atom. The van der Waals surface area contributed by atoms with Gasteiger partial charge >= 0.3 is 5.97 Å². The van der Waals surface area contributed by atoms with Crippen molar-refractivity contribution in [2.75, 3.05) is 13.1 Å². The highest BCUT2D eigenvalue weighted by Crippen LogP contribution is 2.30. The van der Waals surface area contributed by atoms with Crippen molar-refractivity contribution in [1.82, 2.24) is 5.32 Å². The van der Waals surface area contributed by atoms with Crippen LogP contribution in [-0.2, 0) is 5.60 Å². The van der Waals surface area contributed by atoms with Gasteiger partial charge in [-0.25, -0.2) is 4.79 Å². The lowest BCUT2D eigenvalue weighted by Gasteiger charge is -2.18. The molecule has 0 amide bonds. The minimum absolute atomic E-state index is 0.0381. The van der Waals surface area contributed by atoms with Crippen LogP contribution in [0.25, 0.3) is 0 Å². The zero-order valence-corrected chi connectivity index (χ0v) is 7.49. The van der Waals surface area contributed by atoms with Gasteiger partial charge in [-0.3, -0.25) is 0 Å². The summed E-state index contributed by atoms with van der Waals surface area (Å²) < 4.78 is 5.04. The minimum Gasteiger partial charge on any atom is -0.478 e. The summed E-state index contributed by atoms with van der Waals surface area (Å²) >= 11 is 0. The van der Waals surface area contributed by atoms with Crippen LogP contribution < -0.4 is 5.32 Å². The van der Waals surface area contributed by atoms with Gasteiger partial charge in [0.15, 0.2) is 5.76 Å². The smallest absolute Gasteiger partial charge is 0.339 e. The van der Waals surface area contributed by atoms with Gasteiger partial charge in [-0.1, -0.05) is 0 Å². The Bertz CT molecular complexity index is 351. The summed E-state index contributed by atoms with van der Waals surface area (Å²) in [5, 5.41) is 21.9. The predicted octanol–water partition coefficient (Wildman–Crippen LogP) is 0.159. The molecule has 1 fully saturated rings. The maximum atomic E-state index is 10.8. The molecule has 1 atom stereocenters. The van der Waals surface area contributed by atoms with Crippen molar-refractivity contribution in [3.63, 3.8) is 0 Å². The average Bonchev–Trinajstić information content (AvgIpc) is 2.71. The molecule has 0 saturated carbocycles. The van der Waals surface area contributed by atoms with Crippen LogP contribution in [0.3, 0.4) is 0 Å². The molecule has 0 radical (unpaired) electrons. The third kappa shape index (κ3) is 1.30. The number of hydrogen-bond donors (Lipinski definition) is 3. The summed E-state index contributed by atoms with van der Waals surface area (Å²) in [5.41, 5.74) is -1.13. The van der Waals surface area contributed by atoms with Crippen LogP contribution in [0, 0.1) is 0 Å². The molecule has 0 aliphatic carbocycles. The summed E-state index contributed by atoms with van der Waals surface area (Å²) in [4.78, 5) is 10.8. The van der Waals surface area contributed by atoms with Gasteiger partial charge in [0.1, 0.15) is 11.2 Å². The van der Waals surface area contributed by atoms with Crippen molar-refractivity contribution in [2.45, 2.75) is 12.0 Å². The lowest BCUT2D eigenvalue weighted by Crippen LogP contribution is -2.29. The summed E-state index contributed by atoms with van der Waals surface area (Å²) in [6.45, 7) is 0.997. The molecule has 76 valence electrons.